The quantitative estimate of drug-likeness (QED) is 0.602. The SMILES string of the molecule is CC(C(=O)Nc1ccc(F)cc1)N1C(=O)/C(=C/c2cccc(O)c2)SC1=S. The van der Waals surface area contributed by atoms with Gasteiger partial charge >= 0.3 is 0 Å². The highest BCUT2D eigenvalue weighted by Gasteiger charge is 2.38. The molecule has 1 aliphatic heterocycles. The fourth-order valence-electron chi connectivity index (χ4n) is 2.48. The van der Waals surface area contributed by atoms with Crippen molar-refractivity contribution in [2.24, 2.45) is 0 Å². The highest BCUT2D eigenvalue weighted by molar-refractivity contribution is 8.26. The first-order valence-electron chi connectivity index (χ1n) is 7.97. The van der Waals surface area contributed by atoms with Gasteiger partial charge in [0.15, 0.2) is 0 Å². The Bertz CT molecular complexity index is 944. The number of thiocarbonyl (C=S) groups is 1. The molecule has 0 aliphatic carbocycles. The summed E-state index contributed by atoms with van der Waals surface area (Å²) >= 11 is 6.36. The fraction of sp³-hybridized carbons (Fsp3) is 0.105. The lowest BCUT2D eigenvalue weighted by Crippen LogP contribution is -2.44. The van der Waals surface area contributed by atoms with Gasteiger partial charge in [-0.3, -0.25) is 14.5 Å². The Morgan fingerprint density at radius 2 is 2.00 bits per heavy atom. The second kappa shape index (κ2) is 7.89. The third-order valence-electron chi connectivity index (χ3n) is 3.87. The lowest BCUT2D eigenvalue weighted by Gasteiger charge is -2.22. The summed E-state index contributed by atoms with van der Waals surface area (Å²) in [7, 11) is 0. The van der Waals surface area contributed by atoms with E-state index in [-0.39, 0.29) is 16.0 Å². The number of phenolic OH excluding ortho intramolecular Hbond substituents is 1. The zero-order valence-corrected chi connectivity index (χ0v) is 15.8. The maximum atomic E-state index is 13.0. The third-order valence-corrected chi connectivity index (χ3v) is 5.20. The monoisotopic (exact) mass is 402 g/mol. The Morgan fingerprint density at radius 1 is 1.30 bits per heavy atom. The van der Waals surface area contributed by atoms with Crippen molar-refractivity contribution in [3.8, 4) is 5.75 Å². The van der Waals surface area contributed by atoms with Crippen LogP contribution in [0.2, 0.25) is 0 Å². The molecule has 0 spiro atoms. The summed E-state index contributed by atoms with van der Waals surface area (Å²) in [5.41, 5.74) is 1.08. The van der Waals surface area contributed by atoms with Crippen LogP contribution in [0.15, 0.2) is 53.4 Å². The van der Waals surface area contributed by atoms with Crippen molar-refractivity contribution in [2.45, 2.75) is 13.0 Å². The van der Waals surface area contributed by atoms with Gasteiger partial charge in [0.25, 0.3) is 5.91 Å². The predicted octanol–water partition coefficient (Wildman–Crippen LogP) is 3.76. The van der Waals surface area contributed by atoms with E-state index in [0.29, 0.717) is 16.2 Å². The van der Waals surface area contributed by atoms with Crippen LogP contribution in [0.4, 0.5) is 10.1 Å². The molecular formula is C19H15FN2O3S2. The van der Waals surface area contributed by atoms with Gasteiger partial charge < -0.3 is 10.4 Å². The number of benzene rings is 2. The zero-order chi connectivity index (χ0) is 19.6. The first kappa shape index (κ1) is 19.1. The molecule has 8 heteroatoms. The van der Waals surface area contributed by atoms with E-state index in [1.54, 1.807) is 25.1 Å². The average molecular weight is 402 g/mol. The Hall–Kier alpha value is -2.71. The summed E-state index contributed by atoms with van der Waals surface area (Å²) in [6.07, 6.45) is 1.61. The van der Waals surface area contributed by atoms with E-state index in [0.717, 1.165) is 11.8 Å². The topological polar surface area (TPSA) is 69.6 Å². The van der Waals surface area contributed by atoms with Gasteiger partial charge in [0, 0.05) is 5.69 Å². The summed E-state index contributed by atoms with van der Waals surface area (Å²) < 4.78 is 13.2. The molecule has 1 unspecified atom stereocenters. The number of carbonyl (C=O) groups is 2. The summed E-state index contributed by atoms with van der Waals surface area (Å²) in [5, 5.41) is 12.2. The van der Waals surface area contributed by atoms with Gasteiger partial charge in [0.2, 0.25) is 5.91 Å². The van der Waals surface area contributed by atoms with Crippen LogP contribution in [0.5, 0.6) is 5.75 Å². The van der Waals surface area contributed by atoms with Crippen molar-refractivity contribution in [2.75, 3.05) is 5.32 Å². The predicted molar refractivity (Wildman–Crippen MR) is 108 cm³/mol. The number of hydrogen-bond acceptors (Lipinski definition) is 5. The number of nitrogens with one attached hydrogen (secondary N) is 1. The Labute approximate surface area is 164 Å². The summed E-state index contributed by atoms with van der Waals surface area (Å²) in [6.45, 7) is 1.57. The van der Waals surface area contributed by atoms with Gasteiger partial charge in [-0.05, 0) is 55.0 Å². The van der Waals surface area contributed by atoms with Gasteiger partial charge in [-0.25, -0.2) is 4.39 Å². The molecule has 2 aromatic carbocycles. The van der Waals surface area contributed by atoms with Crippen LogP contribution in [0.25, 0.3) is 6.08 Å². The summed E-state index contributed by atoms with van der Waals surface area (Å²) in [5.74, 6) is -1.13. The molecule has 27 heavy (non-hydrogen) atoms. The normalized spacial score (nSPS) is 16.7. The van der Waals surface area contributed by atoms with Crippen LogP contribution < -0.4 is 5.32 Å². The highest BCUT2D eigenvalue weighted by atomic mass is 32.2. The number of thioether (sulfide) groups is 1. The number of amides is 2. The van der Waals surface area contributed by atoms with Crippen molar-refractivity contribution < 1.29 is 19.1 Å². The molecule has 0 aromatic heterocycles. The van der Waals surface area contributed by atoms with Crippen molar-refractivity contribution in [1.29, 1.82) is 0 Å². The molecule has 2 aromatic rings. The van der Waals surface area contributed by atoms with Crippen molar-refractivity contribution in [3.63, 3.8) is 0 Å². The minimum Gasteiger partial charge on any atom is -0.508 e. The maximum absolute atomic E-state index is 13.0. The number of phenols is 1. The van der Waals surface area contributed by atoms with Crippen LogP contribution in [-0.4, -0.2) is 32.2 Å². The molecular weight excluding hydrogens is 387 g/mol. The summed E-state index contributed by atoms with van der Waals surface area (Å²) in [6, 6.07) is 11.0. The van der Waals surface area contributed by atoms with E-state index in [2.05, 4.69) is 5.32 Å². The largest absolute Gasteiger partial charge is 0.508 e. The number of hydrogen-bond donors (Lipinski definition) is 2. The van der Waals surface area contributed by atoms with Crippen LogP contribution in [-0.2, 0) is 9.59 Å². The fourth-order valence-corrected chi connectivity index (χ4v) is 3.90. The smallest absolute Gasteiger partial charge is 0.266 e. The minimum absolute atomic E-state index is 0.0891. The molecule has 0 bridgehead atoms. The van der Waals surface area contributed by atoms with Gasteiger partial charge in [-0.15, -0.1) is 0 Å². The standard InChI is InChI=1S/C19H15FN2O3S2/c1-11(17(24)21-14-7-5-13(20)6-8-14)22-18(25)16(27-19(22)26)10-12-3-2-4-15(23)9-12/h2-11,23H,1H3,(H,21,24)/b16-10-. The van der Waals surface area contributed by atoms with Crippen LogP contribution >= 0.6 is 24.0 Å². The van der Waals surface area contributed by atoms with Crippen molar-refractivity contribution in [3.05, 3.63) is 64.8 Å². The number of carbonyl (C=O) groups excluding carboxylic acids is 2. The zero-order valence-electron chi connectivity index (χ0n) is 14.2. The van der Waals surface area contributed by atoms with Crippen LogP contribution in [0.3, 0.4) is 0 Å². The number of nitrogens with zero attached hydrogens (tertiary/aromatic N) is 1. The van der Waals surface area contributed by atoms with E-state index >= 15 is 0 Å². The first-order chi connectivity index (χ1) is 12.8. The molecule has 0 radical (unpaired) electrons. The lowest BCUT2D eigenvalue weighted by atomic mass is 10.2. The van der Waals surface area contributed by atoms with Gasteiger partial charge in [0.1, 0.15) is 21.9 Å². The number of anilines is 1. The molecule has 3 rings (SSSR count). The Kier molecular flexibility index (Phi) is 5.57. The van der Waals surface area contributed by atoms with E-state index < -0.39 is 17.8 Å². The molecule has 1 atom stereocenters. The van der Waals surface area contributed by atoms with Gasteiger partial charge in [-0.2, -0.15) is 0 Å². The second-order valence-electron chi connectivity index (χ2n) is 5.82. The van der Waals surface area contributed by atoms with Crippen molar-refractivity contribution in [1.82, 2.24) is 4.90 Å². The molecule has 5 nitrogen and oxygen atoms in total. The Morgan fingerprint density at radius 3 is 2.67 bits per heavy atom. The number of rotatable bonds is 4. The molecule has 1 fully saturated rings. The van der Waals surface area contributed by atoms with Gasteiger partial charge in [0.05, 0.1) is 4.91 Å². The van der Waals surface area contributed by atoms with Gasteiger partial charge in [-0.1, -0.05) is 36.1 Å². The molecule has 2 amide bonds. The molecule has 1 saturated heterocycles. The molecule has 0 saturated carbocycles. The van der Waals surface area contributed by atoms with E-state index in [1.165, 1.54) is 41.3 Å². The summed E-state index contributed by atoms with van der Waals surface area (Å²) in [4.78, 5) is 26.8. The van der Waals surface area contributed by atoms with E-state index in [4.69, 9.17) is 12.2 Å². The highest BCUT2D eigenvalue weighted by Crippen LogP contribution is 2.34. The lowest BCUT2D eigenvalue weighted by molar-refractivity contribution is -0.129. The maximum Gasteiger partial charge on any atom is 0.266 e. The molecule has 1 aliphatic rings. The molecule has 1 heterocycles. The first-order valence-corrected chi connectivity index (χ1v) is 9.20. The second-order valence-corrected chi connectivity index (χ2v) is 7.49. The van der Waals surface area contributed by atoms with E-state index in [1.807, 2.05) is 0 Å². The average Bonchev–Trinajstić information content (AvgIpc) is 2.90. The number of aromatic hydroxyl groups is 1. The van der Waals surface area contributed by atoms with Crippen molar-refractivity contribution >= 4 is 51.9 Å². The Balaban J connectivity index is 1.75. The van der Waals surface area contributed by atoms with Crippen LogP contribution in [0, 0.1) is 5.82 Å². The van der Waals surface area contributed by atoms with E-state index in [9.17, 15) is 19.1 Å². The molecule has 138 valence electrons. The third kappa shape index (κ3) is 4.35. The number of halogens is 1. The minimum atomic E-state index is -0.836. The molecule has 2 N–H and O–H groups in total. The van der Waals surface area contributed by atoms with Crippen LogP contribution in [0.1, 0.15) is 12.5 Å².